The summed E-state index contributed by atoms with van der Waals surface area (Å²) in [4.78, 5) is 16.4. The average Bonchev–Trinajstić information content (AvgIpc) is 2.44. The maximum Gasteiger partial charge on any atom is 0.251 e. The molecule has 1 aromatic heterocycles. The fraction of sp³-hybridized carbons (Fsp3) is 0.600. The maximum atomic E-state index is 12.2. The van der Waals surface area contributed by atoms with Crippen LogP contribution in [0.3, 0.4) is 0 Å². The lowest BCUT2D eigenvalue weighted by molar-refractivity contribution is 0.0866. The number of methoxy groups -OCH3 is 1. The van der Waals surface area contributed by atoms with Gasteiger partial charge in [0.05, 0.1) is 12.6 Å². The van der Waals surface area contributed by atoms with Crippen molar-refractivity contribution in [1.29, 1.82) is 0 Å². The molecule has 1 aromatic rings. The summed E-state index contributed by atoms with van der Waals surface area (Å²) in [6.45, 7) is 7.56. The Labute approximate surface area is 121 Å². The van der Waals surface area contributed by atoms with Crippen molar-refractivity contribution in [2.24, 2.45) is 5.92 Å². The van der Waals surface area contributed by atoms with E-state index in [4.69, 9.17) is 4.74 Å². The SMILES string of the molecule is CCCNc1cc(C(=O)NC(COC)C(C)C)ccn1. The van der Waals surface area contributed by atoms with Crippen LogP contribution in [0, 0.1) is 5.92 Å². The number of ether oxygens (including phenoxy) is 1. The van der Waals surface area contributed by atoms with E-state index < -0.39 is 0 Å². The molecule has 0 aliphatic heterocycles. The summed E-state index contributed by atoms with van der Waals surface area (Å²) >= 11 is 0. The highest BCUT2D eigenvalue weighted by atomic mass is 16.5. The quantitative estimate of drug-likeness (QED) is 0.766. The van der Waals surface area contributed by atoms with E-state index in [2.05, 4.69) is 36.4 Å². The van der Waals surface area contributed by atoms with Crippen LogP contribution < -0.4 is 10.6 Å². The summed E-state index contributed by atoms with van der Waals surface area (Å²) in [6, 6.07) is 3.50. The van der Waals surface area contributed by atoms with E-state index in [0.717, 1.165) is 18.8 Å². The van der Waals surface area contributed by atoms with Gasteiger partial charge in [-0.3, -0.25) is 4.79 Å². The zero-order valence-corrected chi connectivity index (χ0v) is 12.8. The average molecular weight is 279 g/mol. The first-order chi connectivity index (χ1) is 9.58. The number of pyridine rings is 1. The van der Waals surface area contributed by atoms with Crippen LogP contribution in [0.25, 0.3) is 0 Å². The minimum absolute atomic E-state index is 0.00714. The topological polar surface area (TPSA) is 63.2 Å². The van der Waals surface area contributed by atoms with Gasteiger partial charge in [-0.25, -0.2) is 4.98 Å². The molecule has 1 heterocycles. The van der Waals surface area contributed by atoms with Crippen LogP contribution in [0.15, 0.2) is 18.3 Å². The molecule has 0 spiro atoms. The minimum Gasteiger partial charge on any atom is -0.383 e. The van der Waals surface area contributed by atoms with E-state index >= 15 is 0 Å². The number of hydrogen-bond donors (Lipinski definition) is 2. The molecule has 0 saturated carbocycles. The summed E-state index contributed by atoms with van der Waals surface area (Å²) in [6.07, 6.45) is 2.66. The van der Waals surface area contributed by atoms with Gasteiger partial charge in [0.1, 0.15) is 5.82 Å². The number of carbonyl (C=O) groups is 1. The minimum atomic E-state index is -0.0947. The van der Waals surface area contributed by atoms with Crippen molar-refractivity contribution >= 4 is 11.7 Å². The number of nitrogens with zero attached hydrogens (tertiary/aromatic N) is 1. The van der Waals surface area contributed by atoms with Crippen molar-refractivity contribution in [2.75, 3.05) is 25.6 Å². The molecule has 0 aliphatic rings. The number of carbonyl (C=O) groups excluding carboxylic acids is 1. The highest BCUT2D eigenvalue weighted by Crippen LogP contribution is 2.09. The van der Waals surface area contributed by atoms with Gasteiger partial charge < -0.3 is 15.4 Å². The summed E-state index contributed by atoms with van der Waals surface area (Å²) in [5.74, 6) is 0.952. The third-order valence-electron chi connectivity index (χ3n) is 3.05. The third kappa shape index (κ3) is 5.17. The van der Waals surface area contributed by atoms with Crippen LogP contribution in [-0.2, 0) is 4.74 Å². The number of anilines is 1. The van der Waals surface area contributed by atoms with E-state index in [1.165, 1.54) is 0 Å². The molecule has 0 aliphatic carbocycles. The Hall–Kier alpha value is -1.62. The lowest BCUT2D eigenvalue weighted by atomic mass is 10.0. The van der Waals surface area contributed by atoms with Gasteiger partial charge in [-0.2, -0.15) is 0 Å². The second-order valence-corrected chi connectivity index (χ2v) is 5.14. The van der Waals surface area contributed by atoms with Crippen LogP contribution in [-0.4, -0.2) is 37.2 Å². The zero-order chi connectivity index (χ0) is 15.0. The van der Waals surface area contributed by atoms with Crippen molar-refractivity contribution in [2.45, 2.75) is 33.2 Å². The second-order valence-electron chi connectivity index (χ2n) is 5.14. The van der Waals surface area contributed by atoms with Crippen molar-refractivity contribution in [3.8, 4) is 0 Å². The van der Waals surface area contributed by atoms with Crippen molar-refractivity contribution < 1.29 is 9.53 Å². The Morgan fingerprint density at radius 1 is 1.45 bits per heavy atom. The van der Waals surface area contributed by atoms with Crippen LogP contribution in [0.4, 0.5) is 5.82 Å². The molecular formula is C15H25N3O2. The molecule has 0 fully saturated rings. The van der Waals surface area contributed by atoms with Crippen LogP contribution in [0.5, 0.6) is 0 Å². The normalized spacial score (nSPS) is 12.2. The molecule has 1 atom stereocenters. The predicted molar refractivity (Wildman–Crippen MR) is 81.0 cm³/mol. The van der Waals surface area contributed by atoms with E-state index in [9.17, 15) is 4.79 Å². The zero-order valence-electron chi connectivity index (χ0n) is 12.8. The predicted octanol–water partition coefficient (Wildman–Crippen LogP) is 2.30. The largest absolute Gasteiger partial charge is 0.383 e. The molecule has 0 radical (unpaired) electrons. The molecule has 1 rings (SSSR count). The molecule has 0 bridgehead atoms. The molecule has 5 heteroatoms. The van der Waals surface area contributed by atoms with E-state index in [1.807, 2.05) is 0 Å². The van der Waals surface area contributed by atoms with Gasteiger partial charge in [0.2, 0.25) is 0 Å². The van der Waals surface area contributed by atoms with Crippen molar-refractivity contribution in [3.63, 3.8) is 0 Å². The Morgan fingerprint density at radius 3 is 2.80 bits per heavy atom. The first-order valence-electron chi connectivity index (χ1n) is 7.08. The Kier molecular flexibility index (Phi) is 7.01. The van der Waals surface area contributed by atoms with Crippen LogP contribution >= 0.6 is 0 Å². The first-order valence-corrected chi connectivity index (χ1v) is 7.08. The molecule has 0 saturated heterocycles. The van der Waals surface area contributed by atoms with Gasteiger partial charge in [-0.15, -0.1) is 0 Å². The van der Waals surface area contributed by atoms with Crippen molar-refractivity contribution in [3.05, 3.63) is 23.9 Å². The summed E-state index contributed by atoms with van der Waals surface area (Å²) in [5.41, 5.74) is 0.611. The third-order valence-corrected chi connectivity index (χ3v) is 3.05. The lowest BCUT2D eigenvalue weighted by Gasteiger charge is -2.21. The molecule has 5 nitrogen and oxygen atoms in total. The summed E-state index contributed by atoms with van der Waals surface area (Å²) < 4.78 is 5.14. The molecule has 20 heavy (non-hydrogen) atoms. The smallest absolute Gasteiger partial charge is 0.251 e. The lowest BCUT2D eigenvalue weighted by Crippen LogP contribution is -2.41. The second kappa shape index (κ2) is 8.53. The number of rotatable bonds is 8. The number of aromatic nitrogens is 1. The molecule has 1 unspecified atom stereocenters. The molecular weight excluding hydrogens is 254 g/mol. The van der Waals surface area contributed by atoms with Gasteiger partial charge >= 0.3 is 0 Å². The fourth-order valence-electron chi connectivity index (χ4n) is 1.75. The van der Waals surface area contributed by atoms with Crippen LogP contribution in [0.2, 0.25) is 0 Å². The number of hydrogen-bond acceptors (Lipinski definition) is 4. The Balaban J connectivity index is 2.70. The Bertz CT molecular complexity index is 421. The number of amides is 1. The van der Waals surface area contributed by atoms with Crippen LogP contribution in [0.1, 0.15) is 37.6 Å². The highest BCUT2D eigenvalue weighted by molar-refractivity contribution is 5.95. The molecule has 0 aromatic carbocycles. The van der Waals surface area contributed by atoms with Gasteiger partial charge in [0, 0.05) is 25.4 Å². The van der Waals surface area contributed by atoms with Gasteiger partial charge in [-0.1, -0.05) is 20.8 Å². The molecule has 112 valence electrons. The standard InChI is InChI=1S/C15H25N3O2/c1-5-7-16-14-9-12(6-8-17-14)15(19)18-13(10-20-4)11(2)3/h6,8-9,11,13H,5,7,10H2,1-4H3,(H,16,17)(H,18,19). The van der Waals surface area contributed by atoms with E-state index in [-0.39, 0.29) is 11.9 Å². The monoisotopic (exact) mass is 279 g/mol. The highest BCUT2D eigenvalue weighted by Gasteiger charge is 2.17. The van der Waals surface area contributed by atoms with Gasteiger partial charge in [0.15, 0.2) is 0 Å². The van der Waals surface area contributed by atoms with E-state index in [1.54, 1.807) is 25.4 Å². The van der Waals surface area contributed by atoms with Crippen molar-refractivity contribution in [1.82, 2.24) is 10.3 Å². The summed E-state index contributed by atoms with van der Waals surface area (Å²) in [5, 5.41) is 6.17. The maximum absolute atomic E-state index is 12.2. The van der Waals surface area contributed by atoms with Gasteiger partial charge in [0.25, 0.3) is 5.91 Å². The van der Waals surface area contributed by atoms with Gasteiger partial charge in [-0.05, 0) is 24.5 Å². The Morgan fingerprint density at radius 2 is 2.20 bits per heavy atom. The molecule has 2 N–H and O–H groups in total. The van der Waals surface area contributed by atoms with E-state index in [0.29, 0.717) is 18.1 Å². The molecule has 1 amide bonds. The fourth-order valence-corrected chi connectivity index (χ4v) is 1.75. The first kappa shape index (κ1) is 16.4. The number of nitrogens with one attached hydrogen (secondary N) is 2. The summed E-state index contributed by atoms with van der Waals surface area (Å²) in [7, 11) is 1.64.